The molecule has 0 saturated carbocycles. The Morgan fingerprint density at radius 1 is 1.12 bits per heavy atom. The van der Waals surface area contributed by atoms with Gasteiger partial charge in [-0.25, -0.2) is 9.48 Å². The molecule has 2 aromatic heterocycles. The molecule has 136 valence electrons. The zero-order valence-electron chi connectivity index (χ0n) is 29.1. The summed E-state index contributed by atoms with van der Waals surface area (Å²) in [7, 11) is 0. The van der Waals surface area contributed by atoms with Crippen molar-refractivity contribution in [3.8, 4) is 0 Å². The summed E-state index contributed by atoms with van der Waals surface area (Å²) in [5, 5.41) is 3.15. The first-order valence-electron chi connectivity index (χ1n) is 15.5. The van der Waals surface area contributed by atoms with Crippen LogP contribution in [0.1, 0.15) is 28.4 Å². The molecule has 3 aromatic rings. The molecule has 0 N–H and O–H groups in total. The van der Waals surface area contributed by atoms with Gasteiger partial charge in [0.1, 0.15) is 0 Å². The number of aryl methyl sites for hydroxylation is 1. The van der Waals surface area contributed by atoms with E-state index < -0.39 is 104 Å². The number of nitrogens with zero attached hydrogens (tertiary/aromatic N) is 5. The first-order chi connectivity index (χ1) is 19.1. The molecule has 0 radical (unpaired) electrons. The lowest BCUT2D eigenvalue weighted by molar-refractivity contribution is 0.248. The first-order valence-corrected chi connectivity index (χ1v) is 7.84. The van der Waals surface area contributed by atoms with Crippen LogP contribution in [0.3, 0.4) is 0 Å². The second kappa shape index (κ2) is 7.51. The van der Waals surface area contributed by atoms with Gasteiger partial charge in [0, 0.05) is 61.4 Å². The second-order valence-electron chi connectivity index (χ2n) is 5.10. The molecule has 6 nitrogen and oxygen atoms in total. The molecule has 1 aliphatic rings. The van der Waals surface area contributed by atoms with E-state index in [1.807, 2.05) is 0 Å². The van der Waals surface area contributed by atoms with Gasteiger partial charge in [-0.05, 0) is 36.6 Å². The van der Waals surface area contributed by atoms with E-state index in [0.717, 1.165) is 4.68 Å². The molecule has 1 aliphatic heterocycles. The normalized spacial score (nSPS) is 32.3. The molecule has 0 unspecified atom stereocenters. The van der Waals surface area contributed by atoms with Crippen LogP contribution in [0, 0.1) is 0 Å². The van der Waals surface area contributed by atoms with Crippen LogP contribution in [-0.2, 0) is 6.54 Å². The number of hydrogen-bond donors (Lipinski definition) is 0. The van der Waals surface area contributed by atoms with Crippen LogP contribution < -0.4 is 10.6 Å². The largest absolute Gasteiger partial charge is 0.369 e. The quantitative estimate of drug-likeness (QED) is 0.674. The molecule has 1 fully saturated rings. The lowest BCUT2D eigenvalue weighted by Gasteiger charge is -2.36. The summed E-state index contributed by atoms with van der Waals surface area (Å²) < 4.78 is 133. The first kappa shape index (κ1) is 6.69. The molecule has 4 rings (SSSR count). The van der Waals surface area contributed by atoms with Crippen molar-refractivity contribution in [2.45, 2.75) is 13.0 Å². The van der Waals surface area contributed by atoms with Crippen LogP contribution in [-0.4, -0.2) is 51.6 Å². The van der Waals surface area contributed by atoms with Gasteiger partial charge in [0.15, 0.2) is 5.65 Å². The maximum Gasteiger partial charge on any atom is 0.350 e. The third kappa shape index (κ3) is 3.61. The van der Waals surface area contributed by atoms with Crippen LogP contribution in [0.15, 0.2) is 53.3 Å². The third-order valence-electron chi connectivity index (χ3n) is 3.39. The number of aromatic nitrogens is 3. The SMILES string of the molecule is [2H]c1c([2H])c(Cl)c([2H])c(N2C([2H])([2H])C([2H])([2H])N(CCCn3nc4c([2H])c([2H])c([2H])c([2H])n4c3=O)C([2H])([2H])C2([2H])[2H])c1[2H]. The van der Waals surface area contributed by atoms with Gasteiger partial charge in [-0.3, -0.25) is 9.30 Å². The zero-order valence-corrected chi connectivity index (χ0v) is 13.9. The van der Waals surface area contributed by atoms with Gasteiger partial charge in [0.25, 0.3) is 0 Å². The van der Waals surface area contributed by atoms with E-state index in [4.69, 9.17) is 33.5 Å². The number of rotatable bonds is 5. The molecular formula is C19H22ClN5O. The van der Waals surface area contributed by atoms with E-state index in [0.29, 0.717) is 4.40 Å². The van der Waals surface area contributed by atoms with E-state index in [1.54, 1.807) is 0 Å². The highest BCUT2D eigenvalue weighted by Crippen LogP contribution is 2.20. The summed E-state index contributed by atoms with van der Waals surface area (Å²) in [6.07, 6.45) is -1.02. The minimum atomic E-state index is -3.50. The van der Waals surface area contributed by atoms with E-state index in [1.165, 1.54) is 0 Å². The summed E-state index contributed by atoms with van der Waals surface area (Å²) in [5.74, 6) is 0. The lowest BCUT2D eigenvalue weighted by Crippen LogP contribution is -2.46. The van der Waals surface area contributed by atoms with Gasteiger partial charge in [-0.1, -0.05) is 23.7 Å². The predicted molar refractivity (Wildman–Crippen MR) is 104 cm³/mol. The Kier molecular flexibility index (Phi) is 1.93. The average Bonchev–Trinajstić information content (AvgIpc) is 3.23. The molecule has 0 aliphatic carbocycles. The predicted octanol–water partition coefficient (Wildman–Crippen LogP) is 2.36. The van der Waals surface area contributed by atoms with Crippen LogP contribution in [0.2, 0.25) is 5.02 Å². The summed E-state index contributed by atoms with van der Waals surface area (Å²) in [6, 6.07) is -5.55. The fourth-order valence-electron chi connectivity index (χ4n) is 2.21. The molecule has 0 spiro atoms. The van der Waals surface area contributed by atoms with E-state index in [-0.39, 0.29) is 21.9 Å². The van der Waals surface area contributed by atoms with E-state index in [9.17, 15) is 4.79 Å². The number of piperazine rings is 1. The van der Waals surface area contributed by atoms with Crippen molar-refractivity contribution in [1.82, 2.24) is 19.1 Å². The van der Waals surface area contributed by atoms with Crippen LogP contribution in [0.4, 0.5) is 5.69 Å². The maximum absolute atomic E-state index is 12.8. The van der Waals surface area contributed by atoms with Crippen LogP contribution >= 0.6 is 11.6 Å². The summed E-state index contributed by atoms with van der Waals surface area (Å²) >= 11 is 5.91. The van der Waals surface area contributed by atoms with Gasteiger partial charge in [-0.15, -0.1) is 5.10 Å². The topological polar surface area (TPSA) is 45.8 Å². The van der Waals surface area contributed by atoms with Gasteiger partial charge in [-0.2, -0.15) is 0 Å². The smallest absolute Gasteiger partial charge is 0.350 e. The van der Waals surface area contributed by atoms with Crippen molar-refractivity contribution in [3.05, 3.63) is 64.0 Å². The highest BCUT2D eigenvalue weighted by molar-refractivity contribution is 6.30. The van der Waals surface area contributed by atoms with E-state index >= 15 is 0 Å². The Balaban J connectivity index is 1.75. The fourth-order valence-corrected chi connectivity index (χ4v) is 2.35. The molecule has 0 bridgehead atoms. The van der Waals surface area contributed by atoms with Crippen molar-refractivity contribution < 1.29 is 21.9 Å². The minimum Gasteiger partial charge on any atom is -0.369 e. The van der Waals surface area contributed by atoms with Crippen molar-refractivity contribution in [2.24, 2.45) is 0 Å². The molecule has 26 heavy (non-hydrogen) atoms. The van der Waals surface area contributed by atoms with Gasteiger partial charge >= 0.3 is 5.69 Å². The third-order valence-corrected chi connectivity index (χ3v) is 3.58. The van der Waals surface area contributed by atoms with Gasteiger partial charge in [0.2, 0.25) is 0 Å². The maximum atomic E-state index is 12.8. The Labute approximate surface area is 179 Å². The number of pyridine rings is 1. The van der Waals surface area contributed by atoms with Crippen molar-refractivity contribution in [2.75, 3.05) is 37.4 Å². The molecule has 1 saturated heterocycles. The highest BCUT2D eigenvalue weighted by atomic mass is 35.5. The van der Waals surface area contributed by atoms with Crippen molar-refractivity contribution in [1.29, 1.82) is 0 Å². The molecule has 0 atom stereocenters. The van der Waals surface area contributed by atoms with E-state index in [2.05, 4.69) is 5.10 Å². The summed E-state index contributed by atoms with van der Waals surface area (Å²) in [5.41, 5.74) is -2.37. The molecular weight excluding hydrogens is 350 g/mol. The van der Waals surface area contributed by atoms with Crippen LogP contribution in [0.25, 0.3) is 5.65 Å². The monoisotopic (exact) mass is 387 g/mol. The molecule has 3 heterocycles. The Morgan fingerprint density at radius 3 is 2.81 bits per heavy atom. The Bertz CT molecular complexity index is 1610. The summed E-state index contributed by atoms with van der Waals surface area (Å²) in [6.45, 7) is -14.8. The molecule has 0 amide bonds. The molecule has 7 heteroatoms. The number of anilines is 1. The Morgan fingerprint density at radius 2 is 1.96 bits per heavy atom. The number of halogens is 1. The highest BCUT2D eigenvalue weighted by Gasteiger charge is 2.17. The Hall–Kier alpha value is -2.31. The summed E-state index contributed by atoms with van der Waals surface area (Å²) in [4.78, 5) is 13.0. The van der Waals surface area contributed by atoms with Crippen molar-refractivity contribution >= 4 is 22.9 Å². The second-order valence-corrected chi connectivity index (χ2v) is 5.48. The number of hydrogen-bond acceptors (Lipinski definition) is 4. The average molecular weight is 388 g/mol. The zero-order chi connectivity index (χ0) is 32.1. The number of fused-ring (bicyclic) bond motifs is 1. The fraction of sp³-hybridized carbons (Fsp3) is 0.368. The number of benzene rings is 1. The lowest BCUT2D eigenvalue weighted by atomic mass is 10.2. The standard InChI is InChI=1S/C19H22ClN5O/c20-16-5-3-6-17(15-16)23-13-11-22(12-14-23)8-4-10-25-19(26)24-9-2-1-7-18(24)21-25/h1-3,5-7,9,15H,4,8,10-14H2/i1D,2D,3D,5D,6D,7D,9D,11D2,12D2,13D2,14D2,15D. The van der Waals surface area contributed by atoms with Crippen molar-refractivity contribution in [3.63, 3.8) is 0 Å². The van der Waals surface area contributed by atoms with Crippen LogP contribution in [0.5, 0.6) is 0 Å². The molecule has 1 aromatic carbocycles. The van der Waals surface area contributed by atoms with Gasteiger partial charge < -0.3 is 4.90 Å². The minimum absolute atomic E-state index is 0.0699. The van der Waals surface area contributed by atoms with Gasteiger partial charge in [0.05, 0.1) is 16.4 Å².